The molecule has 0 unspecified atom stereocenters. The van der Waals surface area contributed by atoms with Crippen LogP contribution < -0.4 is 5.73 Å². The summed E-state index contributed by atoms with van der Waals surface area (Å²) in [5, 5.41) is 8.59. The summed E-state index contributed by atoms with van der Waals surface area (Å²) in [5.41, 5.74) is 5.45. The molecule has 0 aliphatic rings. The molecule has 16 heavy (non-hydrogen) atoms. The van der Waals surface area contributed by atoms with Crippen molar-refractivity contribution in [2.45, 2.75) is 19.4 Å². The molecule has 88 valence electrons. The van der Waals surface area contributed by atoms with E-state index in [1.807, 2.05) is 0 Å². The molecule has 0 radical (unpaired) electrons. The number of halogens is 3. The predicted molar refractivity (Wildman–Crippen MR) is 61.1 cm³/mol. The summed E-state index contributed by atoms with van der Waals surface area (Å²) < 4.78 is 25.8. The van der Waals surface area contributed by atoms with Crippen molar-refractivity contribution in [3.05, 3.63) is 26.6 Å². The van der Waals surface area contributed by atoms with E-state index in [1.54, 1.807) is 22.6 Å². The third-order valence-corrected chi connectivity index (χ3v) is 3.17. The van der Waals surface area contributed by atoms with Crippen molar-refractivity contribution in [1.82, 2.24) is 4.98 Å². The van der Waals surface area contributed by atoms with Crippen LogP contribution in [-0.2, 0) is 17.8 Å². The Kier molecular flexibility index (Phi) is 4.54. The van der Waals surface area contributed by atoms with Gasteiger partial charge in [-0.15, -0.1) is 0 Å². The Hall–Kier alpha value is -0.830. The molecular formula is C9H9F2IN2O2. The number of aromatic nitrogens is 1. The van der Waals surface area contributed by atoms with Gasteiger partial charge in [-0.25, -0.2) is 8.78 Å². The third kappa shape index (κ3) is 2.85. The Labute approximate surface area is 104 Å². The van der Waals surface area contributed by atoms with Crippen molar-refractivity contribution in [1.29, 1.82) is 0 Å². The van der Waals surface area contributed by atoms with Crippen LogP contribution in [0.15, 0.2) is 6.20 Å². The van der Waals surface area contributed by atoms with Crippen LogP contribution in [-0.4, -0.2) is 16.1 Å². The van der Waals surface area contributed by atoms with Crippen molar-refractivity contribution >= 4 is 28.6 Å². The molecule has 0 aliphatic carbocycles. The molecule has 0 fully saturated rings. The van der Waals surface area contributed by atoms with Gasteiger partial charge in [0.2, 0.25) is 0 Å². The van der Waals surface area contributed by atoms with E-state index in [4.69, 9.17) is 10.8 Å². The molecule has 0 aliphatic heterocycles. The highest BCUT2D eigenvalue weighted by molar-refractivity contribution is 14.1. The van der Waals surface area contributed by atoms with Gasteiger partial charge >= 0.3 is 5.97 Å². The van der Waals surface area contributed by atoms with Crippen molar-refractivity contribution in [3.8, 4) is 0 Å². The van der Waals surface area contributed by atoms with Gasteiger partial charge < -0.3 is 10.8 Å². The molecule has 1 aromatic rings. The lowest BCUT2D eigenvalue weighted by Crippen LogP contribution is -2.11. The third-order valence-electron chi connectivity index (χ3n) is 1.97. The molecule has 0 atom stereocenters. The SMILES string of the molecule is NCc1ncc(CC(=O)O)c(C(F)F)c1I. The summed E-state index contributed by atoms with van der Waals surface area (Å²) in [6, 6.07) is 0. The summed E-state index contributed by atoms with van der Waals surface area (Å²) in [6.45, 7) is 0.0470. The molecule has 1 rings (SSSR count). The monoisotopic (exact) mass is 342 g/mol. The predicted octanol–water partition coefficient (Wildman–Crippen LogP) is 1.71. The van der Waals surface area contributed by atoms with Crippen LogP contribution in [0, 0.1) is 3.57 Å². The zero-order valence-corrected chi connectivity index (χ0v) is 10.2. The number of nitrogens with zero attached hydrogens (tertiary/aromatic N) is 1. The first kappa shape index (κ1) is 13.2. The van der Waals surface area contributed by atoms with Gasteiger partial charge in [0.15, 0.2) is 0 Å². The summed E-state index contributed by atoms with van der Waals surface area (Å²) in [4.78, 5) is 14.4. The Morgan fingerprint density at radius 3 is 2.69 bits per heavy atom. The van der Waals surface area contributed by atoms with Crippen molar-refractivity contribution in [2.24, 2.45) is 5.73 Å². The molecule has 1 heterocycles. The Bertz CT molecular complexity index is 413. The summed E-state index contributed by atoms with van der Waals surface area (Å²) >= 11 is 1.71. The molecule has 3 N–H and O–H groups in total. The molecule has 0 saturated carbocycles. The van der Waals surface area contributed by atoms with Crippen LogP contribution in [0.2, 0.25) is 0 Å². The number of carboxylic acid groups (broad SMARTS) is 1. The lowest BCUT2D eigenvalue weighted by Gasteiger charge is -2.11. The van der Waals surface area contributed by atoms with E-state index in [1.165, 1.54) is 0 Å². The minimum atomic E-state index is -2.73. The van der Waals surface area contributed by atoms with Crippen LogP contribution in [0.3, 0.4) is 0 Å². The van der Waals surface area contributed by atoms with Crippen LogP contribution in [0.1, 0.15) is 23.2 Å². The Balaban J connectivity index is 3.28. The van der Waals surface area contributed by atoms with Crippen LogP contribution in [0.4, 0.5) is 8.78 Å². The number of alkyl halides is 2. The maximum atomic E-state index is 12.8. The van der Waals surface area contributed by atoms with E-state index in [2.05, 4.69) is 4.98 Å². The maximum Gasteiger partial charge on any atom is 0.307 e. The van der Waals surface area contributed by atoms with Gasteiger partial charge in [-0.1, -0.05) is 0 Å². The number of hydrogen-bond acceptors (Lipinski definition) is 3. The van der Waals surface area contributed by atoms with E-state index in [0.717, 1.165) is 6.20 Å². The number of carboxylic acids is 1. The minimum Gasteiger partial charge on any atom is -0.481 e. The quantitative estimate of drug-likeness (QED) is 0.817. The first-order valence-corrected chi connectivity index (χ1v) is 5.41. The van der Waals surface area contributed by atoms with Gasteiger partial charge in [0, 0.05) is 21.9 Å². The van der Waals surface area contributed by atoms with Crippen molar-refractivity contribution in [3.63, 3.8) is 0 Å². The second-order valence-corrected chi connectivity index (χ2v) is 4.11. The average molecular weight is 342 g/mol. The Morgan fingerprint density at radius 2 is 2.25 bits per heavy atom. The molecule has 4 nitrogen and oxygen atoms in total. The van der Waals surface area contributed by atoms with Gasteiger partial charge in [0.05, 0.1) is 12.1 Å². The second kappa shape index (κ2) is 5.48. The van der Waals surface area contributed by atoms with Gasteiger partial charge in [-0.3, -0.25) is 9.78 Å². The lowest BCUT2D eigenvalue weighted by molar-refractivity contribution is -0.136. The van der Waals surface area contributed by atoms with Gasteiger partial charge in [-0.2, -0.15) is 0 Å². The largest absolute Gasteiger partial charge is 0.481 e. The number of nitrogens with two attached hydrogens (primary N) is 1. The standard InChI is InChI=1S/C9H9F2IN2O2/c10-9(11)7-4(1-6(15)16)3-14-5(2-13)8(7)12/h3,9H,1-2,13H2,(H,15,16). The smallest absolute Gasteiger partial charge is 0.307 e. The summed E-state index contributed by atoms with van der Waals surface area (Å²) in [5.74, 6) is -1.17. The van der Waals surface area contributed by atoms with Gasteiger partial charge in [-0.05, 0) is 28.2 Å². The first-order valence-electron chi connectivity index (χ1n) is 4.33. The molecule has 1 aromatic heterocycles. The fourth-order valence-corrected chi connectivity index (χ4v) is 2.20. The zero-order chi connectivity index (χ0) is 12.3. The molecule has 0 spiro atoms. The number of hydrogen-bond donors (Lipinski definition) is 2. The molecule has 0 bridgehead atoms. The fourth-order valence-electron chi connectivity index (χ4n) is 1.26. The van der Waals surface area contributed by atoms with E-state index < -0.39 is 18.8 Å². The normalized spacial score (nSPS) is 10.8. The van der Waals surface area contributed by atoms with E-state index in [-0.39, 0.29) is 21.2 Å². The molecule has 7 heteroatoms. The molecule has 0 amide bonds. The van der Waals surface area contributed by atoms with Crippen LogP contribution in [0.5, 0.6) is 0 Å². The lowest BCUT2D eigenvalue weighted by atomic mass is 10.1. The van der Waals surface area contributed by atoms with Gasteiger partial charge in [0.25, 0.3) is 6.43 Å². The maximum absolute atomic E-state index is 12.8. The number of aliphatic carboxylic acids is 1. The summed E-state index contributed by atoms with van der Waals surface area (Å²) in [6.07, 6.45) is -2.04. The molecule has 0 aromatic carbocycles. The highest BCUT2D eigenvalue weighted by Gasteiger charge is 2.21. The average Bonchev–Trinajstić information content (AvgIpc) is 2.16. The number of rotatable bonds is 4. The number of carbonyl (C=O) groups is 1. The Morgan fingerprint density at radius 1 is 1.62 bits per heavy atom. The van der Waals surface area contributed by atoms with E-state index in [9.17, 15) is 13.6 Å². The topological polar surface area (TPSA) is 76.2 Å². The highest BCUT2D eigenvalue weighted by atomic mass is 127. The number of pyridine rings is 1. The fraction of sp³-hybridized carbons (Fsp3) is 0.333. The first-order chi connectivity index (χ1) is 7.47. The van der Waals surface area contributed by atoms with E-state index in [0.29, 0.717) is 5.69 Å². The summed E-state index contributed by atoms with van der Waals surface area (Å²) in [7, 11) is 0. The van der Waals surface area contributed by atoms with Crippen molar-refractivity contribution in [2.75, 3.05) is 0 Å². The van der Waals surface area contributed by atoms with Crippen LogP contribution in [0.25, 0.3) is 0 Å². The second-order valence-electron chi connectivity index (χ2n) is 3.03. The molecular weight excluding hydrogens is 333 g/mol. The highest BCUT2D eigenvalue weighted by Crippen LogP contribution is 2.29. The van der Waals surface area contributed by atoms with Crippen LogP contribution >= 0.6 is 22.6 Å². The minimum absolute atomic E-state index is 0.0316. The van der Waals surface area contributed by atoms with Crippen molar-refractivity contribution < 1.29 is 18.7 Å². The van der Waals surface area contributed by atoms with E-state index >= 15 is 0 Å². The zero-order valence-electron chi connectivity index (χ0n) is 8.08. The molecule has 0 saturated heterocycles. The van der Waals surface area contributed by atoms with Gasteiger partial charge in [0.1, 0.15) is 0 Å².